The molecule has 1 aromatic carbocycles. The van der Waals surface area contributed by atoms with Gasteiger partial charge >= 0.3 is 0 Å². The summed E-state index contributed by atoms with van der Waals surface area (Å²) in [6.45, 7) is 0. The standard InChI is InChI=1S/C14H15NO/c15-10-11-5-7-12(8-6-11)13-3-1-2-4-14(16)9-13/h5-8,13H,1-4,9H2. The summed E-state index contributed by atoms with van der Waals surface area (Å²) in [7, 11) is 0. The molecule has 0 aromatic heterocycles. The highest BCUT2D eigenvalue weighted by molar-refractivity contribution is 5.79. The SMILES string of the molecule is N#Cc1ccc(C2CCCCC(=O)C2)cc1. The highest BCUT2D eigenvalue weighted by Crippen LogP contribution is 2.30. The number of carbonyl (C=O) groups excluding carboxylic acids is 1. The fourth-order valence-electron chi connectivity index (χ4n) is 2.31. The molecule has 0 aliphatic heterocycles. The third-order valence-corrected chi connectivity index (χ3v) is 3.24. The summed E-state index contributed by atoms with van der Waals surface area (Å²) in [5, 5.41) is 8.72. The zero-order valence-corrected chi connectivity index (χ0v) is 9.28. The number of benzene rings is 1. The number of Topliss-reactive ketones (excluding diaryl/α,β-unsaturated/α-hetero) is 1. The van der Waals surface area contributed by atoms with Crippen molar-refractivity contribution in [1.29, 1.82) is 5.26 Å². The monoisotopic (exact) mass is 213 g/mol. The van der Waals surface area contributed by atoms with Crippen molar-refractivity contribution in [1.82, 2.24) is 0 Å². The molecule has 2 heteroatoms. The van der Waals surface area contributed by atoms with Crippen molar-refractivity contribution < 1.29 is 4.79 Å². The molecule has 0 saturated heterocycles. The maximum atomic E-state index is 11.5. The molecule has 0 bridgehead atoms. The van der Waals surface area contributed by atoms with Crippen LogP contribution >= 0.6 is 0 Å². The summed E-state index contributed by atoms with van der Waals surface area (Å²) in [4.78, 5) is 11.5. The van der Waals surface area contributed by atoms with Gasteiger partial charge in [0.25, 0.3) is 0 Å². The van der Waals surface area contributed by atoms with Gasteiger partial charge < -0.3 is 0 Å². The van der Waals surface area contributed by atoms with Crippen molar-refractivity contribution in [2.45, 2.75) is 38.0 Å². The first kappa shape index (κ1) is 10.9. The molecule has 0 heterocycles. The Morgan fingerprint density at radius 2 is 1.94 bits per heavy atom. The average Bonchev–Trinajstić information content (AvgIpc) is 2.54. The average molecular weight is 213 g/mol. The van der Waals surface area contributed by atoms with Gasteiger partial charge in [-0.15, -0.1) is 0 Å². The van der Waals surface area contributed by atoms with Crippen molar-refractivity contribution in [2.75, 3.05) is 0 Å². The van der Waals surface area contributed by atoms with Crippen LogP contribution in [0.4, 0.5) is 0 Å². The van der Waals surface area contributed by atoms with Crippen molar-refractivity contribution in [3.05, 3.63) is 35.4 Å². The van der Waals surface area contributed by atoms with Gasteiger partial charge in [0, 0.05) is 12.8 Å². The number of rotatable bonds is 1. The van der Waals surface area contributed by atoms with Crippen LogP contribution in [0.5, 0.6) is 0 Å². The molecular formula is C14H15NO. The van der Waals surface area contributed by atoms with Gasteiger partial charge in [0.2, 0.25) is 0 Å². The molecule has 1 atom stereocenters. The maximum absolute atomic E-state index is 11.5. The molecule has 1 aromatic rings. The van der Waals surface area contributed by atoms with E-state index in [0.29, 0.717) is 23.7 Å². The molecule has 0 N–H and O–H groups in total. The van der Waals surface area contributed by atoms with Gasteiger partial charge in [-0.05, 0) is 36.5 Å². The first-order valence-corrected chi connectivity index (χ1v) is 5.81. The molecular weight excluding hydrogens is 198 g/mol. The van der Waals surface area contributed by atoms with E-state index >= 15 is 0 Å². The van der Waals surface area contributed by atoms with E-state index in [0.717, 1.165) is 25.7 Å². The Balaban J connectivity index is 2.16. The van der Waals surface area contributed by atoms with Crippen molar-refractivity contribution >= 4 is 5.78 Å². The van der Waals surface area contributed by atoms with Gasteiger partial charge in [-0.25, -0.2) is 0 Å². The molecule has 1 fully saturated rings. The Kier molecular flexibility index (Phi) is 3.36. The van der Waals surface area contributed by atoms with E-state index in [4.69, 9.17) is 5.26 Å². The number of carbonyl (C=O) groups is 1. The molecule has 1 unspecified atom stereocenters. The summed E-state index contributed by atoms with van der Waals surface area (Å²) in [5.41, 5.74) is 1.89. The van der Waals surface area contributed by atoms with Crippen LogP contribution in [0.3, 0.4) is 0 Å². The van der Waals surface area contributed by atoms with Crippen LogP contribution in [-0.4, -0.2) is 5.78 Å². The normalized spacial score (nSPS) is 21.2. The Labute approximate surface area is 95.9 Å². The van der Waals surface area contributed by atoms with Crippen LogP contribution in [0.2, 0.25) is 0 Å². The molecule has 1 aliphatic rings. The van der Waals surface area contributed by atoms with Gasteiger partial charge in [0.05, 0.1) is 11.6 Å². The summed E-state index contributed by atoms with van der Waals surface area (Å²) in [6.07, 6.45) is 4.68. The van der Waals surface area contributed by atoms with E-state index in [1.807, 2.05) is 24.3 Å². The van der Waals surface area contributed by atoms with Gasteiger partial charge in [-0.1, -0.05) is 18.6 Å². The lowest BCUT2D eigenvalue weighted by Gasteiger charge is -2.13. The van der Waals surface area contributed by atoms with Gasteiger partial charge in [0.1, 0.15) is 5.78 Å². The minimum atomic E-state index is 0.364. The summed E-state index contributed by atoms with van der Waals surface area (Å²) in [6, 6.07) is 9.76. The number of nitriles is 1. The first-order valence-electron chi connectivity index (χ1n) is 5.81. The van der Waals surface area contributed by atoms with E-state index in [9.17, 15) is 4.79 Å². The van der Waals surface area contributed by atoms with Crippen molar-refractivity contribution in [3.63, 3.8) is 0 Å². The molecule has 2 nitrogen and oxygen atoms in total. The highest BCUT2D eigenvalue weighted by Gasteiger charge is 2.18. The fourth-order valence-corrected chi connectivity index (χ4v) is 2.31. The van der Waals surface area contributed by atoms with E-state index in [1.165, 1.54) is 5.56 Å². The Hall–Kier alpha value is -1.62. The number of ketones is 1. The number of hydrogen-bond donors (Lipinski definition) is 0. The highest BCUT2D eigenvalue weighted by atomic mass is 16.1. The number of nitrogens with zero attached hydrogens (tertiary/aromatic N) is 1. The van der Waals surface area contributed by atoms with E-state index in [1.54, 1.807) is 0 Å². The largest absolute Gasteiger partial charge is 0.300 e. The lowest BCUT2D eigenvalue weighted by atomic mass is 9.91. The smallest absolute Gasteiger partial charge is 0.133 e. The Morgan fingerprint density at radius 1 is 1.19 bits per heavy atom. The van der Waals surface area contributed by atoms with Crippen LogP contribution in [-0.2, 0) is 4.79 Å². The second-order valence-corrected chi connectivity index (χ2v) is 4.42. The summed E-state index contributed by atoms with van der Waals surface area (Å²) in [5.74, 6) is 0.745. The zero-order valence-electron chi connectivity index (χ0n) is 9.28. The third kappa shape index (κ3) is 2.49. The molecule has 0 amide bonds. The Morgan fingerprint density at radius 3 is 2.62 bits per heavy atom. The predicted octanol–water partition coefficient (Wildman–Crippen LogP) is 3.18. The minimum absolute atomic E-state index is 0.364. The van der Waals surface area contributed by atoms with Crippen LogP contribution in [0.25, 0.3) is 0 Å². The molecule has 0 radical (unpaired) electrons. The van der Waals surface area contributed by atoms with Gasteiger partial charge in [0.15, 0.2) is 0 Å². The topological polar surface area (TPSA) is 40.9 Å². The molecule has 16 heavy (non-hydrogen) atoms. The second-order valence-electron chi connectivity index (χ2n) is 4.42. The van der Waals surface area contributed by atoms with Crippen LogP contribution in [0.1, 0.15) is 49.1 Å². The quantitative estimate of drug-likeness (QED) is 0.672. The van der Waals surface area contributed by atoms with Crippen molar-refractivity contribution in [3.8, 4) is 6.07 Å². The lowest BCUT2D eigenvalue weighted by Crippen LogP contribution is -2.03. The fraction of sp³-hybridized carbons (Fsp3) is 0.429. The van der Waals surface area contributed by atoms with Crippen LogP contribution in [0, 0.1) is 11.3 Å². The zero-order chi connectivity index (χ0) is 11.4. The molecule has 1 aliphatic carbocycles. The van der Waals surface area contributed by atoms with Gasteiger partial charge in [-0.3, -0.25) is 4.79 Å². The number of hydrogen-bond acceptors (Lipinski definition) is 2. The molecule has 2 rings (SSSR count). The first-order chi connectivity index (χ1) is 7.79. The molecule has 1 saturated carbocycles. The van der Waals surface area contributed by atoms with Crippen LogP contribution in [0.15, 0.2) is 24.3 Å². The second kappa shape index (κ2) is 4.94. The van der Waals surface area contributed by atoms with Crippen molar-refractivity contribution in [2.24, 2.45) is 0 Å². The van der Waals surface area contributed by atoms with E-state index < -0.39 is 0 Å². The van der Waals surface area contributed by atoms with E-state index in [2.05, 4.69) is 6.07 Å². The molecule has 82 valence electrons. The van der Waals surface area contributed by atoms with Crippen LogP contribution < -0.4 is 0 Å². The predicted molar refractivity (Wildman–Crippen MR) is 62.0 cm³/mol. The minimum Gasteiger partial charge on any atom is -0.300 e. The third-order valence-electron chi connectivity index (χ3n) is 3.24. The molecule has 0 spiro atoms. The summed E-state index contributed by atoms with van der Waals surface area (Å²) < 4.78 is 0. The lowest BCUT2D eigenvalue weighted by molar-refractivity contribution is -0.119. The Bertz CT molecular complexity index is 413. The van der Waals surface area contributed by atoms with Gasteiger partial charge in [-0.2, -0.15) is 5.26 Å². The van der Waals surface area contributed by atoms with E-state index in [-0.39, 0.29) is 0 Å². The summed E-state index contributed by atoms with van der Waals surface area (Å²) >= 11 is 0. The maximum Gasteiger partial charge on any atom is 0.133 e.